The average molecular weight is 241 g/mol. The second-order valence-electron chi connectivity index (χ2n) is 2.15. The van der Waals surface area contributed by atoms with E-state index in [-0.39, 0.29) is 5.69 Å². The molecule has 0 saturated carbocycles. The lowest BCUT2D eigenvalue weighted by Gasteiger charge is -2.00. The maximum Gasteiger partial charge on any atom is 0.339 e. The highest BCUT2D eigenvalue weighted by atomic mass is 79.9. The molecule has 1 rings (SSSR count). The minimum absolute atomic E-state index is 0.184. The largest absolute Gasteiger partial charge is 0.465 e. The highest BCUT2D eigenvalue weighted by molar-refractivity contribution is 9.10. The summed E-state index contributed by atoms with van der Waals surface area (Å²) in [6, 6.07) is 3.20. The first-order valence-corrected chi connectivity index (χ1v) is 4.12. The minimum atomic E-state index is -0.495. The van der Waals surface area contributed by atoms with Gasteiger partial charge in [-0.15, -0.1) is 0 Å². The van der Waals surface area contributed by atoms with Crippen molar-refractivity contribution < 1.29 is 9.53 Å². The van der Waals surface area contributed by atoms with Gasteiger partial charge in [-0.25, -0.2) is 9.78 Å². The van der Waals surface area contributed by atoms with Crippen LogP contribution in [0.3, 0.4) is 0 Å². The fourth-order valence-electron chi connectivity index (χ4n) is 0.766. The van der Waals surface area contributed by atoms with Crippen molar-refractivity contribution in [1.82, 2.24) is 4.98 Å². The van der Waals surface area contributed by atoms with Crippen LogP contribution in [0.1, 0.15) is 16.1 Å². The van der Waals surface area contributed by atoms with Crippen LogP contribution in [0.25, 0.3) is 0 Å². The lowest BCUT2D eigenvalue weighted by atomic mass is 10.2. The number of esters is 1. The van der Waals surface area contributed by atoms with Crippen LogP contribution in [-0.2, 0) is 4.74 Å². The molecule has 5 heteroatoms. The van der Waals surface area contributed by atoms with Crippen molar-refractivity contribution in [2.45, 2.75) is 0 Å². The fraction of sp³-hybridized carbons (Fsp3) is 0.125. The van der Waals surface area contributed by atoms with Gasteiger partial charge in [0.1, 0.15) is 11.8 Å². The standard InChI is InChI=1S/C8H5BrN2O2/c1-13-8(12)6-2-5(3-10)11-4-7(6)9/h2,4H,1H3. The number of nitriles is 1. The van der Waals surface area contributed by atoms with Crippen LogP contribution in [0, 0.1) is 11.3 Å². The van der Waals surface area contributed by atoms with Crippen molar-refractivity contribution >= 4 is 21.9 Å². The van der Waals surface area contributed by atoms with Crippen molar-refractivity contribution in [1.29, 1.82) is 5.26 Å². The van der Waals surface area contributed by atoms with Crippen LogP contribution in [0.4, 0.5) is 0 Å². The number of ether oxygens (including phenoxy) is 1. The molecule has 4 nitrogen and oxygen atoms in total. The normalized spacial score (nSPS) is 9.00. The quantitative estimate of drug-likeness (QED) is 0.699. The lowest BCUT2D eigenvalue weighted by Crippen LogP contribution is -2.03. The summed E-state index contributed by atoms with van der Waals surface area (Å²) in [4.78, 5) is 14.9. The molecule has 1 heterocycles. The molecule has 0 atom stereocenters. The topological polar surface area (TPSA) is 63.0 Å². The molecule has 0 aliphatic heterocycles. The summed E-state index contributed by atoms with van der Waals surface area (Å²) >= 11 is 3.13. The summed E-state index contributed by atoms with van der Waals surface area (Å²) in [7, 11) is 1.28. The Morgan fingerprint density at radius 1 is 1.77 bits per heavy atom. The molecule has 66 valence electrons. The number of rotatable bonds is 1. The van der Waals surface area contributed by atoms with Crippen molar-refractivity contribution in [3.05, 3.63) is 28.0 Å². The van der Waals surface area contributed by atoms with Crippen molar-refractivity contribution in [2.75, 3.05) is 7.11 Å². The first-order chi connectivity index (χ1) is 6.19. The third kappa shape index (κ3) is 2.04. The van der Waals surface area contributed by atoms with Gasteiger partial charge in [-0.2, -0.15) is 5.26 Å². The average Bonchev–Trinajstić information content (AvgIpc) is 2.17. The molecule has 0 aliphatic rings. The van der Waals surface area contributed by atoms with Crippen LogP contribution in [0.5, 0.6) is 0 Å². The van der Waals surface area contributed by atoms with Crippen LogP contribution in [0.2, 0.25) is 0 Å². The molecule has 0 aliphatic carbocycles. The molecule has 0 amide bonds. The predicted molar refractivity (Wildman–Crippen MR) is 48.0 cm³/mol. The number of pyridine rings is 1. The zero-order chi connectivity index (χ0) is 9.84. The van der Waals surface area contributed by atoms with E-state index in [4.69, 9.17) is 5.26 Å². The van der Waals surface area contributed by atoms with E-state index in [1.54, 1.807) is 0 Å². The van der Waals surface area contributed by atoms with E-state index in [1.165, 1.54) is 19.4 Å². The molecule has 1 aromatic heterocycles. The molecule has 1 aromatic rings. The van der Waals surface area contributed by atoms with Gasteiger partial charge in [0.15, 0.2) is 0 Å². The number of hydrogen-bond acceptors (Lipinski definition) is 4. The third-order valence-corrected chi connectivity index (χ3v) is 2.01. The van der Waals surface area contributed by atoms with E-state index < -0.39 is 5.97 Å². The van der Waals surface area contributed by atoms with Gasteiger partial charge in [-0.3, -0.25) is 0 Å². The molecular formula is C8H5BrN2O2. The van der Waals surface area contributed by atoms with Gasteiger partial charge >= 0.3 is 5.97 Å². The Balaban J connectivity index is 3.20. The number of carbonyl (C=O) groups excluding carboxylic acids is 1. The molecule has 0 saturated heterocycles. The zero-order valence-corrected chi connectivity index (χ0v) is 8.33. The number of carbonyl (C=O) groups is 1. The Kier molecular flexibility index (Phi) is 2.98. The Morgan fingerprint density at radius 2 is 2.46 bits per heavy atom. The van der Waals surface area contributed by atoms with E-state index in [0.29, 0.717) is 10.0 Å². The van der Waals surface area contributed by atoms with Gasteiger partial charge in [0.05, 0.1) is 17.1 Å². The Bertz CT molecular complexity index is 384. The zero-order valence-electron chi connectivity index (χ0n) is 6.74. The van der Waals surface area contributed by atoms with Crippen LogP contribution >= 0.6 is 15.9 Å². The van der Waals surface area contributed by atoms with E-state index in [0.717, 1.165) is 0 Å². The summed E-state index contributed by atoms with van der Waals surface area (Å²) in [5.74, 6) is -0.495. The number of hydrogen-bond donors (Lipinski definition) is 0. The Morgan fingerprint density at radius 3 is 3.00 bits per heavy atom. The highest BCUT2D eigenvalue weighted by Gasteiger charge is 2.11. The van der Waals surface area contributed by atoms with Crippen molar-refractivity contribution in [3.8, 4) is 6.07 Å². The maximum atomic E-state index is 11.1. The van der Waals surface area contributed by atoms with Crippen LogP contribution in [-0.4, -0.2) is 18.1 Å². The molecule has 13 heavy (non-hydrogen) atoms. The van der Waals surface area contributed by atoms with Crippen molar-refractivity contribution in [3.63, 3.8) is 0 Å². The fourth-order valence-corrected chi connectivity index (χ4v) is 1.14. The monoisotopic (exact) mass is 240 g/mol. The second kappa shape index (κ2) is 4.01. The van der Waals surface area contributed by atoms with E-state index in [9.17, 15) is 4.79 Å². The van der Waals surface area contributed by atoms with Gasteiger partial charge in [-0.1, -0.05) is 0 Å². The summed E-state index contributed by atoms with van der Waals surface area (Å²) in [6.07, 6.45) is 1.39. The predicted octanol–water partition coefficient (Wildman–Crippen LogP) is 1.50. The number of halogens is 1. The Labute approximate surface area is 83.3 Å². The first kappa shape index (κ1) is 9.68. The lowest BCUT2D eigenvalue weighted by molar-refractivity contribution is 0.0599. The van der Waals surface area contributed by atoms with E-state index >= 15 is 0 Å². The van der Waals surface area contributed by atoms with Gasteiger partial charge in [0, 0.05) is 6.20 Å². The molecule has 0 fully saturated rings. The third-order valence-electron chi connectivity index (χ3n) is 1.38. The SMILES string of the molecule is COC(=O)c1cc(C#N)ncc1Br. The smallest absolute Gasteiger partial charge is 0.339 e. The minimum Gasteiger partial charge on any atom is -0.465 e. The van der Waals surface area contributed by atoms with Gasteiger partial charge in [0.2, 0.25) is 0 Å². The summed E-state index contributed by atoms with van der Waals surface area (Å²) in [5, 5.41) is 8.53. The summed E-state index contributed by atoms with van der Waals surface area (Å²) in [6.45, 7) is 0. The molecule has 0 spiro atoms. The molecule has 0 aromatic carbocycles. The second-order valence-corrected chi connectivity index (χ2v) is 3.01. The maximum absolute atomic E-state index is 11.1. The van der Waals surface area contributed by atoms with Crippen LogP contribution < -0.4 is 0 Å². The number of aromatic nitrogens is 1. The molecular weight excluding hydrogens is 236 g/mol. The van der Waals surface area contributed by atoms with E-state index in [1.807, 2.05) is 6.07 Å². The molecule has 0 bridgehead atoms. The number of methoxy groups -OCH3 is 1. The van der Waals surface area contributed by atoms with Gasteiger partial charge < -0.3 is 4.74 Å². The Hall–Kier alpha value is -1.41. The van der Waals surface area contributed by atoms with Crippen LogP contribution in [0.15, 0.2) is 16.7 Å². The highest BCUT2D eigenvalue weighted by Crippen LogP contribution is 2.16. The molecule has 0 unspecified atom stereocenters. The first-order valence-electron chi connectivity index (χ1n) is 3.33. The summed E-state index contributed by atoms with van der Waals surface area (Å²) in [5.41, 5.74) is 0.484. The van der Waals surface area contributed by atoms with Gasteiger partial charge in [0.25, 0.3) is 0 Å². The van der Waals surface area contributed by atoms with Gasteiger partial charge in [-0.05, 0) is 22.0 Å². The summed E-state index contributed by atoms with van der Waals surface area (Å²) < 4.78 is 5.02. The number of nitrogens with zero attached hydrogens (tertiary/aromatic N) is 2. The van der Waals surface area contributed by atoms with Crippen molar-refractivity contribution in [2.24, 2.45) is 0 Å². The molecule has 0 N–H and O–H groups in total. The molecule has 0 radical (unpaired) electrons. The van der Waals surface area contributed by atoms with E-state index in [2.05, 4.69) is 25.7 Å².